The second-order valence-corrected chi connectivity index (χ2v) is 5.09. The van der Waals surface area contributed by atoms with Crippen LogP contribution in [0.4, 0.5) is 0 Å². The molecule has 1 fully saturated rings. The summed E-state index contributed by atoms with van der Waals surface area (Å²) in [6.45, 7) is 2.67. The maximum absolute atomic E-state index is 3.53. The Morgan fingerprint density at radius 2 is 2.06 bits per heavy atom. The summed E-state index contributed by atoms with van der Waals surface area (Å²) >= 11 is 3.47. The highest BCUT2D eigenvalue weighted by Gasteiger charge is 2.31. The molecule has 0 aromatic heterocycles. The van der Waals surface area contributed by atoms with Gasteiger partial charge in [0.05, 0.1) is 6.54 Å². The number of benzene rings is 1. The van der Waals surface area contributed by atoms with Gasteiger partial charge in [-0.05, 0) is 43.4 Å². The van der Waals surface area contributed by atoms with Gasteiger partial charge in [-0.15, -0.1) is 5.92 Å². The molecule has 0 bridgehead atoms. The first kappa shape index (κ1) is 11.7. The first-order chi connectivity index (χ1) is 7.81. The lowest BCUT2D eigenvalue weighted by Crippen LogP contribution is -2.23. The highest BCUT2D eigenvalue weighted by molar-refractivity contribution is 9.10. The van der Waals surface area contributed by atoms with Gasteiger partial charge in [0.15, 0.2) is 0 Å². The average Bonchev–Trinajstić information content (AvgIpc) is 3.10. The smallest absolute Gasteiger partial charge is 0.0581 e. The third kappa shape index (κ3) is 3.10. The molecule has 0 spiro atoms. The van der Waals surface area contributed by atoms with E-state index in [1.165, 1.54) is 18.4 Å². The molecule has 1 saturated carbocycles. The van der Waals surface area contributed by atoms with Crippen LogP contribution in [0.2, 0.25) is 0 Å². The van der Waals surface area contributed by atoms with E-state index in [4.69, 9.17) is 0 Å². The fraction of sp³-hybridized carbons (Fsp3) is 0.429. The van der Waals surface area contributed by atoms with Crippen LogP contribution in [0.15, 0.2) is 28.7 Å². The van der Waals surface area contributed by atoms with Crippen LogP contribution < -0.4 is 5.32 Å². The Hall–Kier alpha value is -0.780. The quantitative estimate of drug-likeness (QED) is 0.831. The fourth-order valence-electron chi connectivity index (χ4n) is 1.91. The normalized spacial score (nSPS) is 16.4. The van der Waals surface area contributed by atoms with Gasteiger partial charge >= 0.3 is 0 Å². The standard InChI is InChI=1S/C14H16BrN/c1-2-3-10-16-14(11-4-5-11)12-6-8-13(15)9-7-12/h6-9,11,14,16H,4-5,10H2,1H3. The molecule has 0 aliphatic heterocycles. The number of nitrogens with one attached hydrogen (secondary N) is 1. The molecule has 84 valence electrons. The summed E-state index contributed by atoms with van der Waals surface area (Å²) in [7, 11) is 0. The summed E-state index contributed by atoms with van der Waals surface area (Å²) in [6, 6.07) is 9.09. The molecule has 0 radical (unpaired) electrons. The predicted octanol–water partition coefficient (Wildman–Crippen LogP) is 3.51. The number of hydrogen-bond donors (Lipinski definition) is 1. The van der Waals surface area contributed by atoms with Crippen molar-refractivity contribution in [3.8, 4) is 11.8 Å². The Bertz CT molecular complexity index is 395. The predicted molar refractivity (Wildman–Crippen MR) is 71.1 cm³/mol. The van der Waals surface area contributed by atoms with Gasteiger partial charge in [0.2, 0.25) is 0 Å². The van der Waals surface area contributed by atoms with E-state index >= 15 is 0 Å². The minimum Gasteiger partial charge on any atom is -0.299 e. The zero-order chi connectivity index (χ0) is 11.4. The first-order valence-corrected chi connectivity index (χ1v) is 6.49. The molecule has 1 aromatic rings. The molecule has 1 nitrogen and oxygen atoms in total. The van der Waals surface area contributed by atoms with Crippen molar-refractivity contribution in [1.82, 2.24) is 5.32 Å². The van der Waals surface area contributed by atoms with Crippen LogP contribution in [-0.4, -0.2) is 6.54 Å². The van der Waals surface area contributed by atoms with E-state index in [0.29, 0.717) is 6.04 Å². The van der Waals surface area contributed by atoms with Crippen molar-refractivity contribution >= 4 is 15.9 Å². The van der Waals surface area contributed by atoms with Gasteiger partial charge in [0, 0.05) is 10.5 Å². The van der Waals surface area contributed by atoms with Gasteiger partial charge in [0.1, 0.15) is 0 Å². The summed E-state index contributed by atoms with van der Waals surface area (Å²) in [6.07, 6.45) is 2.68. The molecular weight excluding hydrogens is 262 g/mol. The monoisotopic (exact) mass is 277 g/mol. The number of hydrogen-bond acceptors (Lipinski definition) is 1. The van der Waals surface area contributed by atoms with Crippen molar-refractivity contribution in [2.75, 3.05) is 6.54 Å². The Morgan fingerprint density at radius 3 is 2.62 bits per heavy atom. The Balaban J connectivity index is 2.05. The van der Waals surface area contributed by atoms with E-state index in [1.807, 2.05) is 6.92 Å². The molecular formula is C14H16BrN. The van der Waals surface area contributed by atoms with Crippen molar-refractivity contribution in [2.24, 2.45) is 5.92 Å². The van der Waals surface area contributed by atoms with Crippen molar-refractivity contribution in [2.45, 2.75) is 25.8 Å². The summed E-state index contributed by atoms with van der Waals surface area (Å²) < 4.78 is 1.14. The largest absolute Gasteiger partial charge is 0.299 e. The summed E-state index contributed by atoms with van der Waals surface area (Å²) in [5, 5.41) is 3.53. The molecule has 2 heteroatoms. The van der Waals surface area contributed by atoms with Gasteiger partial charge < -0.3 is 0 Å². The van der Waals surface area contributed by atoms with Crippen molar-refractivity contribution in [3.05, 3.63) is 34.3 Å². The van der Waals surface area contributed by atoms with Crippen LogP contribution >= 0.6 is 15.9 Å². The third-order valence-corrected chi connectivity index (χ3v) is 3.44. The molecule has 1 aliphatic rings. The molecule has 1 N–H and O–H groups in total. The van der Waals surface area contributed by atoms with E-state index in [0.717, 1.165) is 16.9 Å². The maximum Gasteiger partial charge on any atom is 0.0581 e. The topological polar surface area (TPSA) is 12.0 Å². The van der Waals surface area contributed by atoms with Crippen molar-refractivity contribution in [3.63, 3.8) is 0 Å². The summed E-state index contributed by atoms with van der Waals surface area (Å²) in [5.41, 5.74) is 1.38. The van der Waals surface area contributed by atoms with Crippen LogP contribution in [0.3, 0.4) is 0 Å². The molecule has 1 atom stereocenters. The fourth-order valence-corrected chi connectivity index (χ4v) is 2.17. The Morgan fingerprint density at radius 1 is 1.38 bits per heavy atom. The van der Waals surface area contributed by atoms with Gasteiger partial charge in [0.25, 0.3) is 0 Å². The van der Waals surface area contributed by atoms with Crippen LogP contribution in [0.1, 0.15) is 31.4 Å². The second kappa shape index (κ2) is 5.52. The molecule has 1 unspecified atom stereocenters. The highest BCUT2D eigenvalue weighted by atomic mass is 79.9. The minimum absolute atomic E-state index is 0.481. The van der Waals surface area contributed by atoms with E-state index < -0.39 is 0 Å². The maximum atomic E-state index is 3.53. The lowest BCUT2D eigenvalue weighted by molar-refractivity contribution is 0.511. The SMILES string of the molecule is CC#CCNC(c1ccc(Br)cc1)C1CC1. The minimum atomic E-state index is 0.481. The molecule has 0 heterocycles. The van der Waals surface area contributed by atoms with E-state index in [2.05, 4.69) is 57.4 Å². The second-order valence-electron chi connectivity index (χ2n) is 4.17. The van der Waals surface area contributed by atoms with Crippen molar-refractivity contribution < 1.29 is 0 Å². The molecule has 16 heavy (non-hydrogen) atoms. The zero-order valence-corrected chi connectivity index (χ0v) is 11.0. The molecule has 0 saturated heterocycles. The third-order valence-electron chi connectivity index (χ3n) is 2.91. The van der Waals surface area contributed by atoms with Gasteiger partial charge in [-0.2, -0.15) is 0 Å². The molecule has 0 amide bonds. The summed E-state index contributed by atoms with van der Waals surface area (Å²) in [5.74, 6) is 6.80. The van der Waals surface area contributed by atoms with Gasteiger partial charge in [-0.3, -0.25) is 5.32 Å². The van der Waals surface area contributed by atoms with E-state index in [9.17, 15) is 0 Å². The number of halogens is 1. The van der Waals surface area contributed by atoms with Gasteiger partial charge in [-0.1, -0.05) is 34.0 Å². The molecule has 1 aromatic carbocycles. The lowest BCUT2D eigenvalue weighted by Gasteiger charge is -2.17. The number of rotatable bonds is 4. The first-order valence-electron chi connectivity index (χ1n) is 5.69. The van der Waals surface area contributed by atoms with E-state index in [-0.39, 0.29) is 0 Å². The zero-order valence-electron chi connectivity index (χ0n) is 9.46. The van der Waals surface area contributed by atoms with Crippen LogP contribution in [0.5, 0.6) is 0 Å². The van der Waals surface area contributed by atoms with Gasteiger partial charge in [-0.25, -0.2) is 0 Å². The molecule has 2 rings (SSSR count). The van der Waals surface area contributed by atoms with Crippen LogP contribution in [-0.2, 0) is 0 Å². The van der Waals surface area contributed by atoms with Crippen LogP contribution in [0, 0.1) is 17.8 Å². The Kier molecular flexibility index (Phi) is 4.04. The lowest BCUT2D eigenvalue weighted by atomic mass is 10.0. The summed E-state index contributed by atoms with van der Waals surface area (Å²) in [4.78, 5) is 0. The molecule has 1 aliphatic carbocycles. The van der Waals surface area contributed by atoms with E-state index in [1.54, 1.807) is 0 Å². The van der Waals surface area contributed by atoms with Crippen molar-refractivity contribution in [1.29, 1.82) is 0 Å². The van der Waals surface area contributed by atoms with Crippen LogP contribution in [0.25, 0.3) is 0 Å². The Labute approximate surface area is 106 Å². The highest BCUT2D eigenvalue weighted by Crippen LogP contribution is 2.41. The average molecular weight is 278 g/mol.